The number of carbonyl (C=O) groups excluding carboxylic acids is 1. The summed E-state index contributed by atoms with van der Waals surface area (Å²) in [5.41, 5.74) is 0.286. The zero-order chi connectivity index (χ0) is 13.8. The summed E-state index contributed by atoms with van der Waals surface area (Å²) in [5, 5.41) is 11.0. The topological polar surface area (TPSA) is 69.4 Å². The van der Waals surface area contributed by atoms with Gasteiger partial charge < -0.3 is 4.74 Å². The molecule has 96 valence electrons. The first-order valence-electron chi connectivity index (χ1n) is 5.28. The van der Waals surface area contributed by atoms with Crippen molar-refractivity contribution in [3.8, 4) is 5.75 Å². The molecule has 0 saturated heterocycles. The quantitative estimate of drug-likeness (QED) is 0.373. The van der Waals surface area contributed by atoms with E-state index < -0.39 is 10.9 Å². The van der Waals surface area contributed by atoms with Crippen LogP contribution in [0.1, 0.15) is 10.4 Å². The number of benzene rings is 2. The predicted octanol–water partition coefficient (Wildman–Crippen LogP) is 3.47. The normalized spacial score (nSPS) is 9.95. The number of non-ortho nitro benzene ring substituents is 1. The van der Waals surface area contributed by atoms with E-state index >= 15 is 0 Å². The average molecular weight is 278 g/mol. The minimum atomic E-state index is -0.550. The molecule has 2 aromatic rings. The first kappa shape index (κ1) is 13.0. The molecule has 0 aliphatic heterocycles. The fraction of sp³-hybridized carbons (Fsp3) is 0. The van der Waals surface area contributed by atoms with Gasteiger partial charge in [0.05, 0.1) is 10.5 Å². The van der Waals surface area contributed by atoms with Gasteiger partial charge in [-0.1, -0.05) is 11.6 Å². The van der Waals surface area contributed by atoms with Gasteiger partial charge in [0.1, 0.15) is 5.75 Å². The van der Waals surface area contributed by atoms with Crippen LogP contribution in [0.15, 0.2) is 48.5 Å². The van der Waals surface area contributed by atoms with Gasteiger partial charge >= 0.3 is 5.97 Å². The van der Waals surface area contributed by atoms with E-state index in [1.54, 1.807) is 12.1 Å². The highest BCUT2D eigenvalue weighted by Gasteiger charge is 2.10. The third kappa shape index (κ3) is 3.29. The van der Waals surface area contributed by atoms with E-state index in [2.05, 4.69) is 0 Å². The van der Waals surface area contributed by atoms with Gasteiger partial charge in [-0.15, -0.1) is 0 Å². The molecule has 0 N–H and O–H groups in total. The van der Waals surface area contributed by atoms with Crippen LogP contribution in [0.5, 0.6) is 5.75 Å². The van der Waals surface area contributed by atoms with E-state index in [1.165, 1.54) is 36.4 Å². The molecule has 0 radical (unpaired) electrons. The molecule has 0 atom stereocenters. The van der Waals surface area contributed by atoms with Gasteiger partial charge in [0.15, 0.2) is 0 Å². The highest BCUT2D eigenvalue weighted by atomic mass is 35.5. The first-order chi connectivity index (χ1) is 9.06. The molecule has 0 aliphatic rings. The molecule has 0 bridgehead atoms. The molecule has 0 unspecified atom stereocenters. The van der Waals surface area contributed by atoms with Crippen LogP contribution in [0, 0.1) is 10.1 Å². The highest BCUT2D eigenvalue weighted by Crippen LogP contribution is 2.19. The molecular formula is C13H8ClNO4. The lowest BCUT2D eigenvalue weighted by atomic mass is 10.2. The summed E-state index contributed by atoms with van der Waals surface area (Å²) in [5.74, 6) is -0.309. The lowest BCUT2D eigenvalue weighted by Gasteiger charge is -2.03. The molecule has 0 aromatic heterocycles. The van der Waals surface area contributed by atoms with Crippen LogP contribution in [0.3, 0.4) is 0 Å². The van der Waals surface area contributed by atoms with Crippen molar-refractivity contribution in [1.29, 1.82) is 0 Å². The number of nitro groups is 1. The predicted molar refractivity (Wildman–Crippen MR) is 69.5 cm³/mol. The number of hydrogen-bond acceptors (Lipinski definition) is 4. The summed E-state index contributed by atoms with van der Waals surface area (Å²) in [6.07, 6.45) is 0. The second kappa shape index (κ2) is 5.49. The maximum atomic E-state index is 11.7. The fourth-order valence-electron chi connectivity index (χ4n) is 1.39. The standard InChI is InChI=1S/C13H8ClNO4/c14-10-3-1-9(2-4-10)13(16)19-12-7-5-11(6-8-12)15(17)18/h1-8H. The third-order valence-corrected chi connectivity index (χ3v) is 2.59. The van der Waals surface area contributed by atoms with Gasteiger partial charge in [0.2, 0.25) is 0 Å². The van der Waals surface area contributed by atoms with Crippen molar-refractivity contribution in [2.75, 3.05) is 0 Å². The van der Waals surface area contributed by atoms with Crippen LogP contribution < -0.4 is 4.74 Å². The Balaban J connectivity index is 2.10. The Bertz CT molecular complexity index is 608. The molecule has 5 nitrogen and oxygen atoms in total. The van der Waals surface area contributed by atoms with Crippen LogP contribution in [-0.2, 0) is 0 Å². The number of nitro benzene ring substituents is 1. The first-order valence-corrected chi connectivity index (χ1v) is 5.66. The van der Waals surface area contributed by atoms with Crippen molar-refractivity contribution in [3.63, 3.8) is 0 Å². The highest BCUT2D eigenvalue weighted by molar-refractivity contribution is 6.30. The molecule has 19 heavy (non-hydrogen) atoms. The third-order valence-electron chi connectivity index (χ3n) is 2.34. The Kier molecular flexibility index (Phi) is 3.77. The average Bonchev–Trinajstić information content (AvgIpc) is 2.40. The zero-order valence-corrected chi connectivity index (χ0v) is 10.3. The molecule has 0 aliphatic carbocycles. The smallest absolute Gasteiger partial charge is 0.343 e. The van der Waals surface area contributed by atoms with Crippen molar-refractivity contribution in [3.05, 3.63) is 69.2 Å². The van der Waals surface area contributed by atoms with Crippen molar-refractivity contribution in [2.24, 2.45) is 0 Å². The van der Waals surface area contributed by atoms with E-state index in [9.17, 15) is 14.9 Å². The molecule has 2 aromatic carbocycles. The van der Waals surface area contributed by atoms with Crippen LogP contribution in [0.4, 0.5) is 5.69 Å². The zero-order valence-electron chi connectivity index (χ0n) is 9.58. The molecule has 6 heteroatoms. The number of esters is 1. The maximum absolute atomic E-state index is 11.7. The lowest BCUT2D eigenvalue weighted by Crippen LogP contribution is -2.08. The van der Waals surface area contributed by atoms with E-state index in [4.69, 9.17) is 16.3 Å². The van der Waals surface area contributed by atoms with E-state index in [1.807, 2.05) is 0 Å². The summed E-state index contributed by atoms with van der Waals surface area (Å²) >= 11 is 5.71. The molecule has 0 saturated carbocycles. The maximum Gasteiger partial charge on any atom is 0.343 e. The number of hydrogen-bond donors (Lipinski definition) is 0. The Morgan fingerprint density at radius 3 is 2.16 bits per heavy atom. The van der Waals surface area contributed by atoms with E-state index in [0.29, 0.717) is 10.6 Å². The van der Waals surface area contributed by atoms with Gasteiger partial charge in [0, 0.05) is 17.2 Å². The summed E-state index contributed by atoms with van der Waals surface area (Å²) in [7, 11) is 0. The fourth-order valence-corrected chi connectivity index (χ4v) is 1.51. The second-order valence-electron chi connectivity index (χ2n) is 3.65. The second-order valence-corrected chi connectivity index (χ2v) is 4.08. The Hall–Kier alpha value is -2.40. The van der Waals surface area contributed by atoms with E-state index in [-0.39, 0.29) is 11.4 Å². The lowest BCUT2D eigenvalue weighted by molar-refractivity contribution is -0.384. The summed E-state index contributed by atoms with van der Waals surface area (Å²) in [6.45, 7) is 0. The minimum absolute atomic E-state index is 0.0636. The number of carbonyl (C=O) groups is 1. The number of halogens is 1. The van der Waals surface area contributed by atoms with Gasteiger partial charge in [-0.05, 0) is 36.4 Å². The molecular weight excluding hydrogens is 270 g/mol. The summed E-state index contributed by atoms with van der Waals surface area (Å²) in [4.78, 5) is 21.7. The minimum Gasteiger partial charge on any atom is -0.423 e. The Labute approximate surface area is 113 Å². The number of rotatable bonds is 3. The molecule has 0 fully saturated rings. The molecule has 0 spiro atoms. The van der Waals surface area contributed by atoms with Gasteiger partial charge in [0.25, 0.3) is 5.69 Å². The number of ether oxygens (including phenoxy) is 1. The SMILES string of the molecule is O=C(Oc1ccc([N+](=O)[O-])cc1)c1ccc(Cl)cc1. The van der Waals surface area contributed by atoms with Crippen molar-refractivity contribution in [1.82, 2.24) is 0 Å². The molecule has 0 heterocycles. The Morgan fingerprint density at radius 2 is 1.63 bits per heavy atom. The van der Waals surface area contributed by atoms with Crippen molar-refractivity contribution < 1.29 is 14.5 Å². The van der Waals surface area contributed by atoms with Crippen molar-refractivity contribution in [2.45, 2.75) is 0 Å². The summed E-state index contributed by atoms with van der Waals surface area (Å²) < 4.78 is 5.07. The number of nitrogens with zero attached hydrogens (tertiary/aromatic N) is 1. The molecule has 0 amide bonds. The van der Waals surface area contributed by atoms with Gasteiger partial charge in [-0.3, -0.25) is 10.1 Å². The van der Waals surface area contributed by atoms with E-state index in [0.717, 1.165) is 0 Å². The molecule has 2 rings (SSSR count). The van der Waals surface area contributed by atoms with Crippen LogP contribution in [-0.4, -0.2) is 10.9 Å². The van der Waals surface area contributed by atoms with Crippen LogP contribution in [0.25, 0.3) is 0 Å². The van der Waals surface area contributed by atoms with Crippen LogP contribution in [0.2, 0.25) is 5.02 Å². The van der Waals surface area contributed by atoms with Crippen LogP contribution >= 0.6 is 11.6 Å². The van der Waals surface area contributed by atoms with Gasteiger partial charge in [-0.2, -0.15) is 0 Å². The van der Waals surface area contributed by atoms with Crippen molar-refractivity contribution >= 4 is 23.3 Å². The monoisotopic (exact) mass is 277 g/mol. The Morgan fingerprint density at radius 1 is 1.05 bits per heavy atom. The largest absolute Gasteiger partial charge is 0.423 e. The summed E-state index contributed by atoms with van der Waals surface area (Å²) in [6, 6.07) is 11.5. The van der Waals surface area contributed by atoms with Gasteiger partial charge in [-0.25, -0.2) is 4.79 Å².